The number of amides is 1. The van der Waals surface area contributed by atoms with E-state index < -0.39 is 0 Å². The average molecular weight is 343 g/mol. The molecule has 5 heteroatoms. The van der Waals surface area contributed by atoms with Crippen LogP contribution in [0.2, 0.25) is 0 Å². The van der Waals surface area contributed by atoms with Crippen molar-refractivity contribution in [2.24, 2.45) is 5.92 Å². The Kier molecular flexibility index (Phi) is 4.24. The standard InChI is InChI=1S/C14H19BrN2OS/c15-10-5-6-19-13(10)8-16-14(18)12-7-9-3-1-2-4-11(9)17-12/h5-6,9,11-12,17H,1-4,7-8H2,(H,16,18). The van der Waals surface area contributed by atoms with Crippen LogP contribution in [0.5, 0.6) is 0 Å². The molecule has 2 fully saturated rings. The zero-order chi connectivity index (χ0) is 13.2. The van der Waals surface area contributed by atoms with Crippen LogP contribution < -0.4 is 10.6 Å². The largest absolute Gasteiger partial charge is 0.350 e. The quantitative estimate of drug-likeness (QED) is 0.886. The molecule has 1 aromatic heterocycles. The SMILES string of the molecule is O=C(NCc1sccc1Br)C1CC2CCCCC2N1. The van der Waals surface area contributed by atoms with Gasteiger partial charge in [-0.3, -0.25) is 4.79 Å². The molecule has 2 heterocycles. The summed E-state index contributed by atoms with van der Waals surface area (Å²) in [6, 6.07) is 2.62. The number of hydrogen-bond donors (Lipinski definition) is 2. The first kappa shape index (κ1) is 13.6. The van der Waals surface area contributed by atoms with Gasteiger partial charge in [-0.15, -0.1) is 11.3 Å². The van der Waals surface area contributed by atoms with E-state index in [0.717, 1.165) is 16.8 Å². The van der Waals surface area contributed by atoms with Crippen LogP contribution in [0, 0.1) is 5.92 Å². The zero-order valence-corrected chi connectivity index (χ0v) is 13.2. The van der Waals surface area contributed by atoms with Gasteiger partial charge >= 0.3 is 0 Å². The fourth-order valence-corrected chi connectivity index (χ4v) is 4.70. The van der Waals surface area contributed by atoms with E-state index in [1.165, 1.54) is 30.6 Å². The summed E-state index contributed by atoms with van der Waals surface area (Å²) in [5.74, 6) is 0.882. The number of hydrogen-bond acceptors (Lipinski definition) is 3. The summed E-state index contributed by atoms with van der Waals surface area (Å²) < 4.78 is 1.09. The summed E-state index contributed by atoms with van der Waals surface area (Å²) in [5, 5.41) is 8.61. The maximum absolute atomic E-state index is 12.2. The first-order valence-corrected chi connectivity index (χ1v) is 8.67. The molecule has 0 bridgehead atoms. The lowest BCUT2D eigenvalue weighted by Crippen LogP contribution is -2.42. The molecular formula is C14H19BrN2OS. The predicted molar refractivity (Wildman–Crippen MR) is 81.2 cm³/mol. The Morgan fingerprint density at radius 2 is 2.32 bits per heavy atom. The van der Waals surface area contributed by atoms with E-state index in [-0.39, 0.29) is 11.9 Å². The molecule has 1 aliphatic heterocycles. The van der Waals surface area contributed by atoms with E-state index in [0.29, 0.717) is 12.6 Å². The Morgan fingerprint density at radius 3 is 3.05 bits per heavy atom. The van der Waals surface area contributed by atoms with Crippen LogP contribution in [0.4, 0.5) is 0 Å². The molecule has 104 valence electrons. The fourth-order valence-electron chi connectivity index (χ4n) is 3.26. The number of halogens is 1. The molecular weight excluding hydrogens is 324 g/mol. The summed E-state index contributed by atoms with van der Waals surface area (Å²) >= 11 is 5.17. The van der Waals surface area contributed by atoms with Crippen molar-refractivity contribution in [3.8, 4) is 0 Å². The summed E-state index contributed by atoms with van der Waals surface area (Å²) in [5.41, 5.74) is 0. The van der Waals surface area contributed by atoms with Gasteiger partial charge in [-0.2, -0.15) is 0 Å². The molecule has 0 radical (unpaired) electrons. The zero-order valence-electron chi connectivity index (χ0n) is 10.8. The number of carbonyl (C=O) groups is 1. The minimum Gasteiger partial charge on any atom is -0.350 e. The Morgan fingerprint density at radius 1 is 1.47 bits per heavy atom. The summed E-state index contributed by atoms with van der Waals surface area (Å²) in [6.45, 7) is 0.630. The van der Waals surface area contributed by atoms with E-state index in [1.54, 1.807) is 11.3 Å². The van der Waals surface area contributed by atoms with Crippen molar-refractivity contribution < 1.29 is 4.79 Å². The van der Waals surface area contributed by atoms with Gasteiger partial charge < -0.3 is 10.6 Å². The second-order valence-electron chi connectivity index (χ2n) is 5.52. The Hall–Kier alpha value is -0.390. The summed E-state index contributed by atoms with van der Waals surface area (Å²) in [7, 11) is 0. The van der Waals surface area contributed by atoms with Gasteiger partial charge in [0, 0.05) is 15.4 Å². The lowest BCUT2D eigenvalue weighted by Gasteiger charge is -2.24. The first-order valence-electron chi connectivity index (χ1n) is 6.99. The van der Waals surface area contributed by atoms with E-state index in [4.69, 9.17) is 0 Å². The van der Waals surface area contributed by atoms with Crippen molar-refractivity contribution in [1.29, 1.82) is 0 Å². The Bertz CT molecular complexity index is 448. The van der Waals surface area contributed by atoms with Gasteiger partial charge in [-0.05, 0) is 52.6 Å². The molecule has 0 spiro atoms. The number of carbonyl (C=O) groups excluding carboxylic acids is 1. The topological polar surface area (TPSA) is 41.1 Å². The number of thiophene rings is 1. The van der Waals surface area contributed by atoms with Gasteiger partial charge in [0.2, 0.25) is 5.91 Å². The van der Waals surface area contributed by atoms with E-state index in [2.05, 4.69) is 26.6 Å². The second kappa shape index (κ2) is 5.94. The van der Waals surface area contributed by atoms with E-state index >= 15 is 0 Å². The first-order chi connectivity index (χ1) is 9.24. The maximum atomic E-state index is 12.2. The van der Waals surface area contributed by atoms with Gasteiger partial charge in [0.05, 0.1) is 12.6 Å². The molecule has 2 aliphatic rings. The van der Waals surface area contributed by atoms with Crippen molar-refractivity contribution in [3.05, 3.63) is 20.8 Å². The van der Waals surface area contributed by atoms with Crippen LogP contribution in [0.1, 0.15) is 37.0 Å². The molecule has 1 amide bonds. The van der Waals surface area contributed by atoms with Crippen LogP contribution >= 0.6 is 27.3 Å². The third kappa shape index (κ3) is 3.03. The fraction of sp³-hybridized carbons (Fsp3) is 0.643. The monoisotopic (exact) mass is 342 g/mol. The lowest BCUT2D eigenvalue weighted by molar-refractivity contribution is -0.123. The van der Waals surface area contributed by atoms with Crippen LogP contribution in [0.3, 0.4) is 0 Å². The number of nitrogens with one attached hydrogen (secondary N) is 2. The van der Waals surface area contributed by atoms with E-state index in [1.807, 2.05) is 11.4 Å². The van der Waals surface area contributed by atoms with E-state index in [9.17, 15) is 4.79 Å². The molecule has 3 unspecified atom stereocenters. The number of fused-ring (bicyclic) bond motifs is 1. The van der Waals surface area contributed by atoms with Gasteiger partial charge in [0.1, 0.15) is 0 Å². The second-order valence-corrected chi connectivity index (χ2v) is 7.37. The highest BCUT2D eigenvalue weighted by atomic mass is 79.9. The molecule has 2 N–H and O–H groups in total. The van der Waals surface area contributed by atoms with Crippen LogP contribution in [0.25, 0.3) is 0 Å². The van der Waals surface area contributed by atoms with Crippen molar-refractivity contribution in [3.63, 3.8) is 0 Å². The normalized spacial score (nSPS) is 30.1. The predicted octanol–water partition coefficient (Wildman–Crippen LogP) is 3.05. The minimum atomic E-state index is 0.0202. The van der Waals surface area contributed by atoms with Crippen molar-refractivity contribution in [2.45, 2.75) is 50.7 Å². The smallest absolute Gasteiger partial charge is 0.237 e. The Balaban J connectivity index is 1.52. The van der Waals surface area contributed by atoms with Crippen molar-refractivity contribution in [1.82, 2.24) is 10.6 Å². The summed E-state index contributed by atoms with van der Waals surface area (Å²) in [6.07, 6.45) is 6.19. The average Bonchev–Trinajstić information content (AvgIpc) is 3.01. The third-order valence-electron chi connectivity index (χ3n) is 4.29. The van der Waals surface area contributed by atoms with Gasteiger partial charge in [-0.25, -0.2) is 0 Å². The number of rotatable bonds is 3. The molecule has 19 heavy (non-hydrogen) atoms. The molecule has 1 aliphatic carbocycles. The highest BCUT2D eigenvalue weighted by molar-refractivity contribution is 9.10. The van der Waals surface area contributed by atoms with Gasteiger partial charge in [0.15, 0.2) is 0 Å². The highest BCUT2D eigenvalue weighted by Gasteiger charge is 2.37. The molecule has 1 saturated carbocycles. The van der Waals surface area contributed by atoms with Crippen LogP contribution in [-0.4, -0.2) is 18.0 Å². The van der Waals surface area contributed by atoms with Crippen molar-refractivity contribution in [2.75, 3.05) is 0 Å². The molecule has 3 atom stereocenters. The van der Waals surface area contributed by atoms with Gasteiger partial charge in [-0.1, -0.05) is 12.8 Å². The van der Waals surface area contributed by atoms with Crippen LogP contribution in [-0.2, 0) is 11.3 Å². The molecule has 1 aromatic rings. The van der Waals surface area contributed by atoms with Crippen LogP contribution in [0.15, 0.2) is 15.9 Å². The maximum Gasteiger partial charge on any atom is 0.237 e. The van der Waals surface area contributed by atoms with Gasteiger partial charge in [0.25, 0.3) is 0 Å². The molecule has 3 nitrogen and oxygen atoms in total. The lowest BCUT2D eigenvalue weighted by atomic mass is 9.85. The summed E-state index contributed by atoms with van der Waals surface area (Å²) in [4.78, 5) is 13.4. The Labute approximate surface area is 126 Å². The molecule has 0 aromatic carbocycles. The third-order valence-corrected chi connectivity index (χ3v) is 6.22. The molecule has 3 rings (SSSR count). The van der Waals surface area contributed by atoms with Crippen molar-refractivity contribution >= 4 is 33.2 Å². The molecule has 1 saturated heterocycles. The highest BCUT2D eigenvalue weighted by Crippen LogP contribution is 2.33. The minimum absolute atomic E-state index is 0.0202.